The van der Waals surface area contributed by atoms with Gasteiger partial charge in [-0.2, -0.15) is 0 Å². The Morgan fingerprint density at radius 2 is 1.64 bits per heavy atom. The van der Waals surface area contributed by atoms with Gasteiger partial charge in [0.1, 0.15) is 0 Å². The van der Waals surface area contributed by atoms with Crippen LogP contribution in [0.4, 0.5) is 0 Å². The highest BCUT2D eigenvalue weighted by Gasteiger charge is 2.25. The molecule has 0 bridgehead atoms. The number of rotatable bonds is 3. The van der Waals surface area contributed by atoms with E-state index in [9.17, 15) is 0 Å². The molecule has 1 aromatic rings. The van der Waals surface area contributed by atoms with Crippen LogP contribution in [0.2, 0.25) is 19.6 Å². The van der Waals surface area contributed by atoms with Crippen molar-refractivity contribution in [3.05, 3.63) is 48.0 Å². The third-order valence-corrected chi connectivity index (χ3v) is 4.87. The molecule has 1 heteroatoms. The summed E-state index contributed by atoms with van der Waals surface area (Å²) in [6.07, 6.45) is 4.53. The van der Waals surface area contributed by atoms with E-state index in [1.165, 1.54) is 5.56 Å². The van der Waals surface area contributed by atoms with E-state index >= 15 is 0 Å². The second-order valence-electron chi connectivity index (χ2n) is 4.78. The molecule has 0 amide bonds. The van der Waals surface area contributed by atoms with E-state index in [0.29, 0.717) is 5.54 Å². The molecule has 0 saturated carbocycles. The monoisotopic (exact) mass is 204 g/mol. The zero-order valence-electron chi connectivity index (χ0n) is 9.62. The Hall–Kier alpha value is -0.823. The first-order valence-corrected chi connectivity index (χ1v) is 8.81. The molecule has 0 spiro atoms. The number of hydrogen-bond donors (Lipinski definition) is 0. The molecule has 0 aliphatic rings. The first kappa shape index (κ1) is 11.3. The van der Waals surface area contributed by atoms with Crippen molar-refractivity contribution in [2.45, 2.75) is 32.1 Å². The van der Waals surface area contributed by atoms with Gasteiger partial charge in [0.15, 0.2) is 0 Å². The summed E-state index contributed by atoms with van der Waals surface area (Å²) < 4.78 is 0. The van der Waals surface area contributed by atoms with Crippen LogP contribution in [-0.4, -0.2) is 8.07 Å². The van der Waals surface area contributed by atoms with Gasteiger partial charge < -0.3 is 0 Å². The van der Waals surface area contributed by atoms with Gasteiger partial charge in [-0.25, -0.2) is 0 Å². The molecule has 0 aliphatic heterocycles. The Morgan fingerprint density at radius 1 is 1.07 bits per heavy atom. The molecular formula is C13H20Si. The summed E-state index contributed by atoms with van der Waals surface area (Å²) in [5.74, 6) is 0. The highest BCUT2D eigenvalue weighted by Crippen LogP contribution is 2.27. The van der Waals surface area contributed by atoms with Crippen LogP contribution in [0.15, 0.2) is 42.5 Å². The Bertz CT molecular complexity index is 293. The summed E-state index contributed by atoms with van der Waals surface area (Å²) in [6.45, 7) is 9.37. The van der Waals surface area contributed by atoms with E-state index in [4.69, 9.17) is 0 Å². The minimum Gasteiger partial charge on any atom is -0.0913 e. The maximum absolute atomic E-state index is 2.42. The summed E-state index contributed by atoms with van der Waals surface area (Å²) in [4.78, 5) is 0. The average Bonchev–Trinajstić information content (AvgIpc) is 2.14. The smallest absolute Gasteiger partial charge is 0.0565 e. The van der Waals surface area contributed by atoms with Crippen LogP contribution in [0.5, 0.6) is 0 Å². The molecule has 0 nitrogen and oxygen atoms in total. The van der Waals surface area contributed by atoms with Crippen molar-refractivity contribution < 1.29 is 0 Å². The Labute approximate surface area is 88.7 Å². The fraction of sp³-hybridized carbons (Fsp3) is 0.385. The summed E-state index contributed by atoms with van der Waals surface area (Å²) >= 11 is 0. The number of benzene rings is 1. The normalized spacial score (nSPS) is 14.6. The Morgan fingerprint density at radius 3 is 2.07 bits per heavy atom. The lowest BCUT2D eigenvalue weighted by Crippen LogP contribution is -2.29. The van der Waals surface area contributed by atoms with Gasteiger partial charge in [0.25, 0.3) is 0 Å². The molecule has 0 heterocycles. The molecule has 0 unspecified atom stereocenters. The summed E-state index contributed by atoms with van der Waals surface area (Å²) in [6, 6.07) is 10.8. The summed E-state index contributed by atoms with van der Waals surface area (Å²) in [7, 11) is -1.14. The van der Waals surface area contributed by atoms with Crippen molar-refractivity contribution in [3.63, 3.8) is 0 Å². The third-order valence-electron chi connectivity index (χ3n) is 2.48. The maximum atomic E-state index is 2.42. The van der Waals surface area contributed by atoms with Gasteiger partial charge >= 0.3 is 0 Å². The predicted molar refractivity (Wildman–Crippen MR) is 67.3 cm³/mol. The van der Waals surface area contributed by atoms with Crippen molar-refractivity contribution in [3.8, 4) is 0 Å². The van der Waals surface area contributed by atoms with Gasteiger partial charge in [-0.05, 0) is 18.0 Å². The van der Waals surface area contributed by atoms with Crippen LogP contribution in [0.25, 0.3) is 0 Å². The first-order chi connectivity index (χ1) is 6.55. The quantitative estimate of drug-likeness (QED) is 0.511. The topological polar surface area (TPSA) is 0 Å². The lowest BCUT2D eigenvalue weighted by atomic mass is 10.1. The highest BCUT2D eigenvalue weighted by atomic mass is 28.3. The fourth-order valence-corrected chi connectivity index (χ4v) is 3.71. The van der Waals surface area contributed by atoms with Gasteiger partial charge in [-0.3, -0.25) is 0 Å². The average molecular weight is 204 g/mol. The van der Waals surface area contributed by atoms with Gasteiger partial charge in [0, 0.05) is 0 Å². The van der Waals surface area contributed by atoms with Crippen molar-refractivity contribution in [2.24, 2.45) is 0 Å². The van der Waals surface area contributed by atoms with Crippen LogP contribution in [0.1, 0.15) is 18.0 Å². The molecule has 0 fully saturated rings. The lowest BCUT2D eigenvalue weighted by Gasteiger charge is -2.26. The predicted octanol–water partition coefficient (Wildman–Crippen LogP) is 4.22. The van der Waals surface area contributed by atoms with Crippen molar-refractivity contribution in [1.82, 2.24) is 0 Å². The third kappa shape index (κ3) is 2.84. The molecule has 0 saturated heterocycles. The van der Waals surface area contributed by atoms with Crippen LogP contribution in [0.3, 0.4) is 0 Å². The standard InChI is InChI=1S/C13H20Si/c1-5-9-13(14(2,3)4)12-10-7-6-8-11-12/h5-11,13H,1-4H3/b9-5+/t13-/m1/s1. The van der Waals surface area contributed by atoms with Gasteiger partial charge in [0.05, 0.1) is 8.07 Å². The SMILES string of the molecule is C/C=C/[C@H](c1ccccc1)[Si](C)(C)C. The molecular weight excluding hydrogens is 184 g/mol. The molecule has 0 aliphatic carbocycles. The van der Waals surface area contributed by atoms with Crippen LogP contribution < -0.4 is 0 Å². The van der Waals surface area contributed by atoms with Crippen molar-refractivity contribution in [2.75, 3.05) is 0 Å². The number of hydrogen-bond acceptors (Lipinski definition) is 0. The van der Waals surface area contributed by atoms with E-state index in [0.717, 1.165) is 0 Å². The van der Waals surface area contributed by atoms with E-state index in [2.05, 4.69) is 69.0 Å². The fourth-order valence-electron chi connectivity index (χ4n) is 1.75. The molecule has 1 rings (SSSR count). The minimum absolute atomic E-state index is 0.647. The molecule has 1 atom stereocenters. The van der Waals surface area contributed by atoms with Crippen LogP contribution in [0, 0.1) is 0 Å². The first-order valence-electron chi connectivity index (χ1n) is 5.23. The zero-order valence-corrected chi connectivity index (χ0v) is 10.6. The molecule has 1 aromatic carbocycles. The largest absolute Gasteiger partial charge is 0.0913 e. The van der Waals surface area contributed by atoms with Crippen LogP contribution >= 0.6 is 0 Å². The number of allylic oxidation sites excluding steroid dienone is 2. The van der Waals surface area contributed by atoms with Gasteiger partial charge in [-0.15, -0.1) is 0 Å². The molecule has 0 N–H and O–H groups in total. The Balaban J connectivity index is 3.01. The second-order valence-corrected chi connectivity index (χ2v) is 10.1. The second kappa shape index (κ2) is 4.60. The minimum atomic E-state index is -1.14. The molecule has 76 valence electrons. The molecule has 14 heavy (non-hydrogen) atoms. The van der Waals surface area contributed by atoms with Gasteiger partial charge in [-0.1, -0.05) is 62.1 Å². The summed E-state index contributed by atoms with van der Waals surface area (Å²) in [5.41, 5.74) is 2.11. The van der Waals surface area contributed by atoms with Gasteiger partial charge in [0.2, 0.25) is 0 Å². The van der Waals surface area contributed by atoms with E-state index in [1.54, 1.807) is 0 Å². The zero-order chi connectivity index (χ0) is 10.6. The Kier molecular flexibility index (Phi) is 3.70. The van der Waals surface area contributed by atoms with Crippen molar-refractivity contribution >= 4 is 8.07 Å². The maximum Gasteiger partial charge on any atom is 0.0565 e. The van der Waals surface area contributed by atoms with E-state index < -0.39 is 8.07 Å². The summed E-state index contributed by atoms with van der Waals surface area (Å²) in [5, 5.41) is 0. The highest BCUT2D eigenvalue weighted by molar-refractivity contribution is 6.77. The van der Waals surface area contributed by atoms with E-state index in [-0.39, 0.29) is 0 Å². The molecule has 0 aromatic heterocycles. The van der Waals surface area contributed by atoms with E-state index in [1.807, 2.05) is 0 Å². The lowest BCUT2D eigenvalue weighted by molar-refractivity contribution is 1.13. The van der Waals surface area contributed by atoms with Crippen molar-refractivity contribution in [1.29, 1.82) is 0 Å². The van der Waals surface area contributed by atoms with Crippen LogP contribution in [-0.2, 0) is 0 Å². The molecule has 0 radical (unpaired) electrons.